The van der Waals surface area contributed by atoms with Crippen LogP contribution < -0.4 is 0 Å². The molecular formula is C18H18N6O. The number of furan rings is 1. The Kier molecular flexibility index (Phi) is 4.12. The van der Waals surface area contributed by atoms with Crippen molar-refractivity contribution in [3.63, 3.8) is 0 Å². The first-order chi connectivity index (χ1) is 12.3. The van der Waals surface area contributed by atoms with Gasteiger partial charge >= 0.3 is 0 Å². The van der Waals surface area contributed by atoms with Crippen molar-refractivity contribution in [3.8, 4) is 22.7 Å². The van der Waals surface area contributed by atoms with Crippen LogP contribution in [0.25, 0.3) is 22.7 Å². The van der Waals surface area contributed by atoms with E-state index in [1.807, 2.05) is 36.7 Å². The molecule has 0 spiro atoms. The highest BCUT2D eigenvalue weighted by atomic mass is 16.3. The molecule has 0 radical (unpaired) electrons. The van der Waals surface area contributed by atoms with Gasteiger partial charge in [0.2, 0.25) is 0 Å². The molecule has 126 valence electrons. The molecule has 0 saturated heterocycles. The fourth-order valence-corrected chi connectivity index (χ4v) is 2.82. The summed E-state index contributed by atoms with van der Waals surface area (Å²) in [5, 5.41) is 14.1. The third-order valence-electron chi connectivity index (χ3n) is 4.09. The minimum Gasteiger partial charge on any atom is -0.459 e. The van der Waals surface area contributed by atoms with E-state index in [9.17, 15) is 0 Å². The molecule has 0 unspecified atom stereocenters. The van der Waals surface area contributed by atoms with Gasteiger partial charge in [-0.05, 0) is 12.1 Å². The molecular weight excluding hydrogens is 316 g/mol. The average molecular weight is 334 g/mol. The molecule has 7 heteroatoms. The summed E-state index contributed by atoms with van der Waals surface area (Å²) >= 11 is 0. The average Bonchev–Trinajstić information content (AvgIpc) is 3.39. The monoisotopic (exact) mass is 334 g/mol. The smallest absolute Gasteiger partial charge is 0.176 e. The summed E-state index contributed by atoms with van der Waals surface area (Å²) in [7, 11) is 0. The first-order valence-corrected chi connectivity index (χ1v) is 8.27. The molecule has 1 aromatic carbocycles. The molecule has 1 N–H and O–H groups in total. The number of aromatic amines is 1. The summed E-state index contributed by atoms with van der Waals surface area (Å²) < 4.78 is 8.09. The standard InChI is InChI=1S/C18H18N6O/c1-2-14-8-9-15(25-14)18-17(13-6-4-3-5-7-13)19-12-24(18)11-10-16-20-22-23-21-16/h3-9,12H,2,10-11H2,1H3,(H,20,21,22,23). The van der Waals surface area contributed by atoms with Gasteiger partial charge in [-0.3, -0.25) is 0 Å². The maximum absolute atomic E-state index is 6.01. The Hall–Kier alpha value is -3.22. The SMILES string of the molecule is CCc1ccc(-c2c(-c3ccccc3)ncn2CCc2nn[nH]n2)o1. The third-order valence-corrected chi connectivity index (χ3v) is 4.09. The van der Waals surface area contributed by atoms with Crippen LogP contribution in [0.3, 0.4) is 0 Å². The summed E-state index contributed by atoms with van der Waals surface area (Å²) in [6.07, 6.45) is 3.36. The van der Waals surface area contributed by atoms with Crippen molar-refractivity contribution in [2.45, 2.75) is 26.3 Å². The van der Waals surface area contributed by atoms with Gasteiger partial charge in [-0.1, -0.05) is 42.5 Å². The van der Waals surface area contributed by atoms with Gasteiger partial charge in [0.1, 0.15) is 11.5 Å². The van der Waals surface area contributed by atoms with E-state index in [1.54, 1.807) is 0 Å². The minimum absolute atomic E-state index is 0.662. The van der Waals surface area contributed by atoms with E-state index in [4.69, 9.17) is 4.42 Å². The molecule has 3 aromatic heterocycles. The predicted molar refractivity (Wildman–Crippen MR) is 92.6 cm³/mol. The normalized spacial score (nSPS) is 11.1. The summed E-state index contributed by atoms with van der Waals surface area (Å²) in [6.45, 7) is 2.77. The molecule has 0 saturated carbocycles. The van der Waals surface area contributed by atoms with Gasteiger partial charge in [0.05, 0.1) is 12.0 Å². The summed E-state index contributed by atoms with van der Waals surface area (Å²) in [5.74, 6) is 2.45. The zero-order valence-electron chi connectivity index (χ0n) is 13.9. The molecule has 3 heterocycles. The lowest BCUT2D eigenvalue weighted by Gasteiger charge is -2.07. The van der Waals surface area contributed by atoms with E-state index in [0.29, 0.717) is 18.8 Å². The number of hydrogen-bond acceptors (Lipinski definition) is 5. The molecule has 25 heavy (non-hydrogen) atoms. The molecule has 0 aliphatic heterocycles. The molecule has 0 fully saturated rings. The highest BCUT2D eigenvalue weighted by molar-refractivity contribution is 5.76. The predicted octanol–water partition coefficient (Wildman–Crippen LogP) is 3.13. The van der Waals surface area contributed by atoms with Crippen molar-refractivity contribution in [1.82, 2.24) is 30.2 Å². The fraction of sp³-hybridized carbons (Fsp3) is 0.222. The van der Waals surface area contributed by atoms with Gasteiger partial charge in [-0.15, -0.1) is 10.2 Å². The lowest BCUT2D eigenvalue weighted by atomic mass is 10.1. The van der Waals surface area contributed by atoms with Crippen LogP contribution in [0.2, 0.25) is 0 Å². The van der Waals surface area contributed by atoms with E-state index in [1.165, 1.54) is 0 Å². The lowest BCUT2D eigenvalue weighted by molar-refractivity contribution is 0.522. The number of H-pyrrole nitrogens is 1. The Labute approximate surface area is 144 Å². The third kappa shape index (κ3) is 3.08. The van der Waals surface area contributed by atoms with E-state index in [2.05, 4.69) is 49.2 Å². The van der Waals surface area contributed by atoms with Crippen LogP contribution in [-0.2, 0) is 19.4 Å². The topological polar surface area (TPSA) is 85.4 Å². The van der Waals surface area contributed by atoms with Crippen LogP contribution in [0.5, 0.6) is 0 Å². The largest absolute Gasteiger partial charge is 0.459 e. The summed E-state index contributed by atoms with van der Waals surface area (Å²) in [5.41, 5.74) is 2.94. The van der Waals surface area contributed by atoms with Gasteiger partial charge < -0.3 is 8.98 Å². The summed E-state index contributed by atoms with van der Waals surface area (Å²) in [6, 6.07) is 14.2. The van der Waals surface area contributed by atoms with E-state index >= 15 is 0 Å². The highest BCUT2D eigenvalue weighted by Crippen LogP contribution is 2.32. The Bertz CT molecular complexity index is 939. The second-order valence-corrected chi connectivity index (χ2v) is 5.70. The number of aryl methyl sites for hydroxylation is 3. The number of benzene rings is 1. The first-order valence-electron chi connectivity index (χ1n) is 8.27. The van der Waals surface area contributed by atoms with Gasteiger partial charge in [-0.25, -0.2) is 4.98 Å². The van der Waals surface area contributed by atoms with Gasteiger partial charge in [0.15, 0.2) is 11.6 Å². The molecule has 7 nitrogen and oxygen atoms in total. The number of rotatable bonds is 6. The molecule has 4 aromatic rings. The van der Waals surface area contributed by atoms with Crippen LogP contribution in [0.4, 0.5) is 0 Å². The number of aromatic nitrogens is 6. The number of nitrogens with one attached hydrogen (secondary N) is 1. The van der Waals surface area contributed by atoms with Gasteiger partial charge in [-0.2, -0.15) is 5.21 Å². The lowest BCUT2D eigenvalue weighted by Crippen LogP contribution is -2.03. The molecule has 0 atom stereocenters. The number of tetrazole rings is 1. The molecule has 4 rings (SSSR count). The number of nitrogens with zero attached hydrogens (tertiary/aromatic N) is 5. The van der Waals surface area contributed by atoms with Crippen molar-refractivity contribution in [1.29, 1.82) is 0 Å². The summed E-state index contributed by atoms with van der Waals surface area (Å²) in [4.78, 5) is 4.64. The van der Waals surface area contributed by atoms with Crippen LogP contribution in [0.1, 0.15) is 18.5 Å². The van der Waals surface area contributed by atoms with Crippen molar-refractivity contribution >= 4 is 0 Å². The van der Waals surface area contributed by atoms with Crippen molar-refractivity contribution < 1.29 is 4.42 Å². The van der Waals surface area contributed by atoms with Crippen LogP contribution >= 0.6 is 0 Å². The Morgan fingerprint density at radius 2 is 2.00 bits per heavy atom. The van der Waals surface area contributed by atoms with Crippen molar-refractivity contribution in [2.75, 3.05) is 0 Å². The first kappa shape index (κ1) is 15.3. The van der Waals surface area contributed by atoms with Crippen molar-refractivity contribution in [3.05, 3.63) is 60.4 Å². The van der Waals surface area contributed by atoms with E-state index in [-0.39, 0.29) is 0 Å². The van der Waals surface area contributed by atoms with Crippen LogP contribution in [0, 0.1) is 0 Å². The van der Waals surface area contributed by atoms with E-state index < -0.39 is 0 Å². The fourth-order valence-electron chi connectivity index (χ4n) is 2.82. The zero-order chi connectivity index (χ0) is 17.1. The Morgan fingerprint density at radius 1 is 1.12 bits per heavy atom. The number of imidazole rings is 1. The highest BCUT2D eigenvalue weighted by Gasteiger charge is 2.18. The second-order valence-electron chi connectivity index (χ2n) is 5.70. The Morgan fingerprint density at radius 3 is 2.72 bits per heavy atom. The minimum atomic E-state index is 0.662. The molecule has 0 amide bonds. The van der Waals surface area contributed by atoms with Crippen LogP contribution in [-0.4, -0.2) is 30.2 Å². The second kappa shape index (κ2) is 6.72. The number of hydrogen-bond donors (Lipinski definition) is 1. The quantitative estimate of drug-likeness (QED) is 0.585. The molecule has 0 bridgehead atoms. The van der Waals surface area contributed by atoms with Crippen LogP contribution in [0.15, 0.2) is 53.2 Å². The van der Waals surface area contributed by atoms with Gasteiger partial charge in [0, 0.05) is 24.9 Å². The maximum Gasteiger partial charge on any atom is 0.176 e. The maximum atomic E-state index is 6.01. The zero-order valence-corrected chi connectivity index (χ0v) is 13.9. The molecule has 0 aliphatic rings. The van der Waals surface area contributed by atoms with E-state index in [0.717, 1.165) is 34.9 Å². The van der Waals surface area contributed by atoms with Gasteiger partial charge in [0.25, 0.3) is 0 Å². The Balaban J connectivity index is 1.74. The van der Waals surface area contributed by atoms with Crippen molar-refractivity contribution in [2.24, 2.45) is 0 Å². The molecule has 0 aliphatic carbocycles.